The zero-order valence-corrected chi connectivity index (χ0v) is 20.0. The van der Waals surface area contributed by atoms with Crippen molar-refractivity contribution in [3.05, 3.63) is 60.2 Å². The highest BCUT2D eigenvalue weighted by atomic mass is 19.1. The second kappa shape index (κ2) is 10.0. The third-order valence-corrected chi connectivity index (χ3v) is 6.06. The van der Waals surface area contributed by atoms with Crippen LogP contribution in [0.1, 0.15) is 32.8 Å². The topological polar surface area (TPSA) is 79.6 Å². The Hall–Kier alpha value is -3.13. The molecular formula is C26H33FN4O3. The minimum absolute atomic E-state index is 0.0494. The lowest BCUT2D eigenvalue weighted by molar-refractivity contribution is 0.0583. The maximum Gasteiger partial charge on any atom is 0.407 e. The first-order chi connectivity index (χ1) is 16.2. The van der Waals surface area contributed by atoms with Crippen LogP contribution < -0.4 is 10.2 Å². The van der Waals surface area contributed by atoms with Crippen LogP contribution in [0.5, 0.6) is 0 Å². The van der Waals surface area contributed by atoms with Crippen molar-refractivity contribution < 1.29 is 19.0 Å². The number of nitrogens with zero attached hydrogens (tertiary/aromatic N) is 3. The fourth-order valence-corrected chi connectivity index (χ4v) is 4.60. The maximum absolute atomic E-state index is 13.5. The lowest BCUT2D eigenvalue weighted by Gasteiger charge is -2.29. The van der Waals surface area contributed by atoms with Crippen molar-refractivity contribution in [3.8, 4) is 0 Å². The van der Waals surface area contributed by atoms with E-state index in [9.17, 15) is 14.3 Å². The van der Waals surface area contributed by atoms with Gasteiger partial charge in [-0.2, -0.15) is 0 Å². The van der Waals surface area contributed by atoms with Crippen LogP contribution in [0.4, 0.5) is 14.9 Å². The van der Waals surface area contributed by atoms with Crippen molar-refractivity contribution in [2.75, 3.05) is 24.6 Å². The molecule has 2 heterocycles. The van der Waals surface area contributed by atoms with Crippen LogP contribution in [0.2, 0.25) is 0 Å². The largest absolute Gasteiger partial charge is 0.444 e. The highest BCUT2D eigenvalue weighted by Gasteiger charge is 2.26. The maximum atomic E-state index is 13.5. The number of aliphatic hydroxyl groups is 1. The first-order valence-electron chi connectivity index (χ1n) is 11.7. The molecule has 0 aliphatic carbocycles. The molecule has 0 saturated heterocycles. The Kier molecular flexibility index (Phi) is 7.07. The molecule has 0 bridgehead atoms. The number of amides is 1. The molecule has 7 nitrogen and oxygen atoms in total. The predicted octanol–water partition coefficient (Wildman–Crippen LogP) is 4.13. The van der Waals surface area contributed by atoms with E-state index in [1.165, 1.54) is 6.07 Å². The third kappa shape index (κ3) is 5.86. The number of hydrogen-bond acceptors (Lipinski definition) is 5. The number of rotatable bonds is 8. The number of carbonyl (C=O) groups excluding carboxylic acids is 1. The molecule has 2 aromatic carbocycles. The molecule has 1 aliphatic heterocycles. The van der Waals surface area contributed by atoms with Gasteiger partial charge in [-0.1, -0.05) is 32.9 Å². The fourth-order valence-electron chi connectivity index (χ4n) is 4.60. The van der Waals surface area contributed by atoms with E-state index in [-0.39, 0.29) is 23.9 Å². The Balaban J connectivity index is 1.40. The molecule has 34 heavy (non-hydrogen) atoms. The molecule has 0 fully saturated rings. The third-order valence-electron chi connectivity index (χ3n) is 6.06. The first kappa shape index (κ1) is 24.0. The van der Waals surface area contributed by atoms with Gasteiger partial charge in [-0.25, -0.2) is 14.2 Å². The number of nitrogens with one attached hydrogen (secondary N) is 1. The Morgan fingerprint density at radius 3 is 2.79 bits per heavy atom. The van der Waals surface area contributed by atoms with Crippen molar-refractivity contribution in [1.29, 1.82) is 0 Å². The van der Waals surface area contributed by atoms with Gasteiger partial charge in [0.2, 0.25) is 0 Å². The molecule has 0 unspecified atom stereocenters. The number of anilines is 1. The van der Waals surface area contributed by atoms with Crippen molar-refractivity contribution in [3.63, 3.8) is 0 Å². The summed E-state index contributed by atoms with van der Waals surface area (Å²) < 4.78 is 21.4. The van der Waals surface area contributed by atoms with E-state index in [0.29, 0.717) is 26.1 Å². The van der Waals surface area contributed by atoms with E-state index in [1.807, 2.05) is 28.8 Å². The molecule has 1 aliphatic rings. The van der Waals surface area contributed by atoms with Crippen LogP contribution in [0, 0.1) is 11.2 Å². The standard InChI is InChI=1S/C26H33FN4O3/c1-26(2,3)13-21(15-31-17-28-22-6-4-5-7-24(22)31)34-25(33)29-20(16-32)14-30-11-10-18-12-19(27)8-9-23(18)30/h4-9,12,17,20-21,32H,10-11,13-16H2,1-3H3,(H,29,33)/t20-,21+/m1/s1. The molecule has 182 valence electrons. The van der Waals surface area contributed by atoms with E-state index in [2.05, 4.69) is 36.0 Å². The molecule has 1 aromatic heterocycles. The van der Waals surface area contributed by atoms with E-state index in [4.69, 9.17) is 4.74 Å². The summed E-state index contributed by atoms with van der Waals surface area (Å²) in [4.78, 5) is 19.3. The van der Waals surface area contributed by atoms with Gasteiger partial charge in [0.1, 0.15) is 11.9 Å². The summed E-state index contributed by atoms with van der Waals surface area (Å²) >= 11 is 0. The number of ether oxygens (including phenoxy) is 1. The Labute approximate surface area is 199 Å². The van der Waals surface area contributed by atoms with Crippen LogP contribution in [0.3, 0.4) is 0 Å². The lowest BCUT2D eigenvalue weighted by atomic mass is 9.89. The van der Waals surface area contributed by atoms with Crippen molar-refractivity contribution >= 4 is 22.8 Å². The molecule has 8 heteroatoms. The molecule has 0 radical (unpaired) electrons. The highest BCUT2D eigenvalue weighted by Crippen LogP contribution is 2.29. The van der Waals surface area contributed by atoms with Crippen molar-refractivity contribution in [2.24, 2.45) is 5.41 Å². The fraction of sp³-hybridized carbons (Fsp3) is 0.462. The SMILES string of the molecule is CC(C)(C)C[C@@H](Cn1cnc2ccccc21)OC(=O)N[C@@H](CO)CN1CCc2cc(F)ccc21. The number of fused-ring (bicyclic) bond motifs is 2. The number of aromatic nitrogens is 2. The summed E-state index contributed by atoms with van der Waals surface area (Å²) in [6, 6.07) is 12.1. The molecule has 4 rings (SSSR count). The highest BCUT2D eigenvalue weighted by molar-refractivity contribution is 5.75. The van der Waals surface area contributed by atoms with E-state index >= 15 is 0 Å². The van der Waals surface area contributed by atoms with Gasteiger partial charge in [0.15, 0.2) is 0 Å². The average Bonchev–Trinajstić information content (AvgIpc) is 3.36. The second-order valence-corrected chi connectivity index (χ2v) is 10.2. The van der Waals surface area contributed by atoms with Gasteiger partial charge < -0.3 is 24.6 Å². The summed E-state index contributed by atoms with van der Waals surface area (Å²) in [5.41, 5.74) is 3.71. The van der Waals surface area contributed by atoms with Crippen LogP contribution in [0.25, 0.3) is 11.0 Å². The van der Waals surface area contributed by atoms with Crippen LogP contribution >= 0.6 is 0 Å². The summed E-state index contributed by atoms with van der Waals surface area (Å²) in [5, 5.41) is 12.7. The molecule has 0 saturated carbocycles. The summed E-state index contributed by atoms with van der Waals surface area (Å²) in [6.07, 6.45) is 2.25. The monoisotopic (exact) mass is 468 g/mol. The van der Waals surface area contributed by atoms with Crippen LogP contribution in [-0.2, 0) is 17.7 Å². The number of para-hydroxylation sites is 2. The van der Waals surface area contributed by atoms with Crippen molar-refractivity contribution in [1.82, 2.24) is 14.9 Å². The zero-order valence-electron chi connectivity index (χ0n) is 20.0. The lowest BCUT2D eigenvalue weighted by Crippen LogP contribution is -2.47. The number of aliphatic hydroxyl groups excluding tert-OH is 1. The molecule has 2 atom stereocenters. The quantitative estimate of drug-likeness (QED) is 0.520. The van der Waals surface area contributed by atoms with Crippen LogP contribution in [-0.4, -0.2) is 52.6 Å². The van der Waals surface area contributed by atoms with Gasteiger partial charge >= 0.3 is 6.09 Å². The summed E-state index contributed by atoms with van der Waals surface area (Å²) in [7, 11) is 0. The number of halogens is 1. The van der Waals surface area contributed by atoms with Crippen LogP contribution in [0.15, 0.2) is 48.8 Å². The van der Waals surface area contributed by atoms with Crippen molar-refractivity contribution in [2.45, 2.75) is 52.3 Å². The van der Waals surface area contributed by atoms with Gasteiger partial charge in [0, 0.05) is 18.8 Å². The molecule has 1 amide bonds. The zero-order chi connectivity index (χ0) is 24.3. The first-order valence-corrected chi connectivity index (χ1v) is 11.7. The number of carbonyl (C=O) groups is 1. The van der Waals surface area contributed by atoms with Gasteiger partial charge in [-0.3, -0.25) is 0 Å². The number of hydrogen-bond donors (Lipinski definition) is 2. The Morgan fingerprint density at radius 1 is 1.24 bits per heavy atom. The van der Waals surface area contributed by atoms with Gasteiger partial charge in [-0.15, -0.1) is 0 Å². The smallest absolute Gasteiger partial charge is 0.407 e. The predicted molar refractivity (Wildman–Crippen MR) is 130 cm³/mol. The molecule has 3 aromatic rings. The van der Waals surface area contributed by atoms with E-state index in [1.54, 1.807) is 18.5 Å². The molecule has 0 spiro atoms. The van der Waals surface area contributed by atoms with Gasteiger partial charge in [0.25, 0.3) is 0 Å². The van der Waals surface area contributed by atoms with Gasteiger partial charge in [-0.05, 0) is 54.2 Å². The number of alkyl carbamates (subject to hydrolysis) is 1. The number of benzene rings is 2. The minimum atomic E-state index is -0.559. The minimum Gasteiger partial charge on any atom is -0.444 e. The summed E-state index contributed by atoms with van der Waals surface area (Å²) in [6.45, 7) is 7.72. The normalized spacial score (nSPS) is 15.3. The van der Waals surface area contributed by atoms with Gasteiger partial charge in [0.05, 0.1) is 36.6 Å². The Morgan fingerprint density at radius 2 is 2.03 bits per heavy atom. The number of imidazole rings is 1. The average molecular weight is 469 g/mol. The molecule has 2 N–H and O–H groups in total. The molecular weight excluding hydrogens is 435 g/mol. The second-order valence-electron chi connectivity index (χ2n) is 10.2. The Bertz CT molecular complexity index is 1140. The van der Waals surface area contributed by atoms with E-state index < -0.39 is 12.1 Å². The van der Waals surface area contributed by atoms with E-state index in [0.717, 1.165) is 28.7 Å². The summed E-state index contributed by atoms with van der Waals surface area (Å²) in [5.74, 6) is -0.253.